The Hall–Kier alpha value is -2.57. The summed E-state index contributed by atoms with van der Waals surface area (Å²) in [5, 5.41) is 4.11. The Kier molecular flexibility index (Phi) is 5.27. The van der Waals surface area contributed by atoms with Gasteiger partial charge in [-0.15, -0.1) is 0 Å². The number of ether oxygens (including phenoxy) is 1. The van der Waals surface area contributed by atoms with Gasteiger partial charge in [0.25, 0.3) is 0 Å². The summed E-state index contributed by atoms with van der Waals surface area (Å²) in [7, 11) is 0. The molecular formula is C20H20ClN5O. The van der Waals surface area contributed by atoms with Crippen LogP contribution in [0.5, 0.6) is 0 Å². The maximum absolute atomic E-state index is 6.03. The third-order valence-electron chi connectivity index (χ3n) is 4.48. The van der Waals surface area contributed by atoms with Crippen LogP contribution in [0.2, 0.25) is 5.02 Å². The van der Waals surface area contributed by atoms with Crippen LogP contribution in [-0.4, -0.2) is 39.2 Å². The summed E-state index contributed by atoms with van der Waals surface area (Å²) in [6.07, 6.45) is 7.49. The summed E-state index contributed by atoms with van der Waals surface area (Å²) in [6.45, 7) is 3.51. The molecule has 1 aromatic carbocycles. The van der Waals surface area contributed by atoms with Crippen LogP contribution in [-0.2, 0) is 4.74 Å². The highest BCUT2D eigenvalue weighted by molar-refractivity contribution is 6.31. The van der Waals surface area contributed by atoms with Gasteiger partial charge in [0.05, 0.1) is 22.4 Å². The van der Waals surface area contributed by atoms with Crippen molar-refractivity contribution < 1.29 is 4.74 Å². The molecule has 0 spiro atoms. The number of aromatic nitrogens is 4. The number of nitrogens with zero attached hydrogens (tertiary/aromatic N) is 4. The van der Waals surface area contributed by atoms with Gasteiger partial charge in [-0.1, -0.05) is 11.6 Å². The van der Waals surface area contributed by atoms with Gasteiger partial charge < -0.3 is 10.1 Å². The zero-order valence-electron chi connectivity index (χ0n) is 15.0. The first-order valence-electron chi connectivity index (χ1n) is 8.97. The highest BCUT2D eigenvalue weighted by Gasteiger charge is 2.13. The van der Waals surface area contributed by atoms with Crippen LogP contribution in [0.1, 0.15) is 30.1 Å². The number of halogens is 1. The van der Waals surface area contributed by atoms with Gasteiger partial charge in [-0.25, -0.2) is 19.9 Å². The summed E-state index contributed by atoms with van der Waals surface area (Å²) in [5.41, 5.74) is 3.21. The molecule has 1 aliphatic rings. The highest BCUT2D eigenvalue weighted by Crippen LogP contribution is 2.19. The molecule has 1 aliphatic heterocycles. The van der Waals surface area contributed by atoms with E-state index in [0.717, 1.165) is 54.3 Å². The predicted octanol–water partition coefficient (Wildman–Crippen LogP) is 4.14. The minimum absolute atomic E-state index is 0.394. The smallest absolute Gasteiger partial charge is 0.154 e. The lowest BCUT2D eigenvalue weighted by molar-refractivity contribution is 0.0904. The number of rotatable bonds is 4. The van der Waals surface area contributed by atoms with Crippen molar-refractivity contribution in [2.45, 2.75) is 25.8 Å². The number of nitrogens with one attached hydrogen (secondary N) is 1. The number of fused-ring (bicyclic) bond motifs is 1. The normalized spacial score (nSPS) is 15.5. The van der Waals surface area contributed by atoms with Gasteiger partial charge in [-0.05, 0) is 56.2 Å². The maximum atomic E-state index is 6.03. The molecule has 0 radical (unpaired) electrons. The van der Waals surface area contributed by atoms with E-state index < -0.39 is 0 Å². The number of benzene rings is 1. The van der Waals surface area contributed by atoms with Gasteiger partial charge in [-0.2, -0.15) is 0 Å². The van der Waals surface area contributed by atoms with Gasteiger partial charge >= 0.3 is 0 Å². The van der Waals surface area contributed by atoms with Gasteiger partial charge in [0.1, 0.15) is 5.82 Å². The summed E-state index contributed by atoms with van der Waals surface area (Å²) >= 11 is 6.03. The lowest BCUT2D eigenvalue weighted by atomic mass is 10.1. The van der Waals surface area contributed by atoms with Crippen LogP contribution in [0, 0.1) is 6.92 Å². The van der Waals surface area contributed by atoms with E-state index in [4.69, 9.17) is 16.3 Å². The van der Waals surface area contributed by atoms with Gasteiger partial charge in [0, 0.05) is 30.5 Å². The minimum Gasteiger partial charge on any atom is -0.381 e. The zero-order valence-corrected chi connectivity index (χ0v) is 15.8. The van der Waals surface area contributed by atoms with E-state index in [1.165, 1.54) is 0 Å². The second kappa shape index (κ2) is 7.98. The number of aryl methyl sites for hydroxylation is 1. The molecule has 1 fully saturated rings. The molecule has 0 saturated carbocycles. The van der Waals surface area contributed by atoms with Gasteiger partial charge in [-0.3, -0.25) is 0 Å². The average molecular weight is 382 g/mol. The molecule has 0 bridgehead atoms. The van der Waals surface area contributed by atoms with E-state index in [1.54, 1.807) is 6.20 Å². The van der Waals surface area contributed by atoms with Crippen molar-refractivity contribution in [2.24, 2.45) is 0 Å². The lowest BCUT2D eigenvalue weighted by Gasteiger charge is -2.23. The first kappa shape index (κ1) is 17.8. The Morgan fingerprint density at radius 1 is 1.07 bits per heavy atom. The quantitative estimate of drug-likeness (QED) is 0.732. The largest absolute Gasteiger partial charge is 0.381 e. The van der Waals surface area contributed by atoms with Crippen molar-refractivity contribution in [3.8, 4) is 0 Å². The fourth-order valence-corrected chi connectivity index (χ4v) is 3.19. The molecule has 27 heavy (non-hydrogen) atoms. The molecule has 0 aliphatic carbocycles. The standard InChI is InChI=1S/C20H20ClN5O/c1-13-16(25-17-3-2-14(21)12-18(17)23-13)4-5-19-22-9-6-20(26-19)24-15-7-10-27-11-8-15/h2-6,9,12,15H,7-8,10-11H2,1H3,(H,22,24,26). The second-order valence-corrected chi connectivity index (χ2v) is 6.93. The monoisotopic (exact) mass is 381 g/mol. The Bertz CT molecular complexity index is 985. The van der Waals surface area contributed by atoms with E-state index in [1.807, 2.05) is 43.3 Å². The first-order chi connectivity index (χ1) is 13.2. The van der Waals surface area contributed by atoms with Crippen LogP contribution in [0.25, 0.3) is 23.2 Å². The van der Waals surface area contributed by atoms with Crippen molar-refractivity contribution in [2.75, 3.05) is 18.5 Å². The Morgan fingerprint density at radius 3 is 2.78 bits per heavy atom. The lowest BCUT2D eigenvalue weighted by Crippen LogP contribution is -2.28. The van der Waals surface area contributed by atoms with Crippen molar-refractivity contribution in [3.05, 3.63) is 52.7 Å². The van der Waals surface area contributed by atoms with Crippen molar-refractivity contribution >= 4 is 40.6 Å². The SMILES string of the molecule is Cc1nc2cc(Cl)ccc2nc1C=Cc1nccc(NC2CCOCC2)n1. The van der Waals surface area contributed by atoms with Crippen LogP contribution in [0.4, 0.5) is 5.82 Å². The zero-order chi connectivity index (χ0) is 18.6. The van der Waals surface area contributed by atoms with Crippen molar-refractivity contribution in [1.82, 2.24) is 19.9 Å². The molecule has 0 unspecified atom stereocenters. The number of hydrogen-bond donors (Lipinski definition) is 1. The molecule has 0 amide bonds. The van der Waals surface area contributed by atoms with Crippen LogP contribution in [0.15, 0.2) is 30.5 Å². The Balaban J connectivity index is 1.54. The minimum atomic E-state index is 0.394. The molecule has 0 atom stereocenters. The predicted molar refractivity (Wildman–Crippen MR) is 108 cm³/mol. The molecule has 1 N–H and O–H groups in total. The molecule has 2 aromatic heterocycles. The maximum Gasteiger partial charge on any atom is 0.154 e. The number of anilines is 1. The van der Waals surface area contributed by atoms with E-state index >= 15 is 0 Å². The number of hydrogen-bond acceptors (Lipinski definition) is 6. The summed E-state index contributed by atoms with van der Waals surface area (Å²) in [4.78, 5) is 18.1. The third kappa shape index (κ3) is 4.40. The van der Waals surface area contributed by atoms with Gasteiger partial charge in [0.15, 0.2) is 5.82 Å². The van der Waals surface area contributed by atoms with Crippen molar-refractivity contribution in [3.63, 3.8) is 0 Å². The van der Waals surface area contributed by atoms with Crippen molar-refractivity contribution in [1.29, 1.82) is 0 Å². The molecule has 138 valence electrons. The average Bonchev–Trinajstić information content (AvgIpc) is 2.67. The summed E-state index contributed by atoms with van der Waals surface area (Å²) < 4.78 is 5.39. The molecule has 6 nitrogen and oxygen atoms in total. The van der Waals surface area contributed by atoms with E-state index in [2.05, 4.69) is 25.3 Å². The fourth-order valence-electron chi connectivity index (χ4n) is 3.03. The van der Waals surface area contributed by atoms with Crippen LogP contribution >= 0.6 is 11.6 Å². The highest BCUT2D eigenvalue weighted by atomic mass is 35.5. The Labute approximate surface area is 162 Å². The van der Waals surface area contributed by atoms with Crippen LogP contribution < -0.4 is 5.32 Å². The molecule has 3 aromatic rings. The third-order valence-corrected chi connectivity index (χ3v) is 4.71. The molecule has 1 saturated heterocycles. The molecule has 7 heteroatoms. The van der Waals surface area contributed by atoms with Crippen LogP contribution in [0.3, 0.4) is 0 Å². The van der Waals surface area contributed by atoms with E-state index in [9.17, 15) is 0 Å². The molecule has 3 heterocycles. The second-order valence-electron chi connectivity index (χ2n) is 6.49. The Morgan fingerprint density at radius 2 is 1.93 bits per heavy atom. The topological polar surface area (TPSA) is 72.8 Å². The molecular weight excluding hydrogens is 362 g/mol. The van der Waals surface area contributed by atoms with E-state index in [-0.39, 0.29) is 0 Å². The summed E-state index contributed by atoms with van der Waals surface area (Å²) in [6, 6.07) is 7.79. The fraction of sp³-hybridized carbons (Fsp3) is 0.300. The van der Waals surface area contributed by atoms with Gasteiger partial charge in [0.2, 0.25) is 0 Å². The summed E-state index contributed by atoms with van der Waals surface area (Å²) in [5.74, 6) is 1.46. The first-order valence-corrected chi connectivity index (χ1v) is 9.34. The van der Waals surface area contributed by atoms with E-state index in [0.29, 0.717) is 16.9 Å². The molecule has 4 rings (SSSR count).